The SMILES string of the molecule is COc1ccc(-c2ccc3c(N4CCOC[C@@H]4C)nc(N4CCCC4C)nc3n2)cc1COC(C)=O. The fourth-order valence-electron chi connectivity index (χ4n) is 4.99. The maximum absolute atomic E-state index is 11.4. The molecule has 0 amide bonds. The third-order valence-corrected chi connectivity index (χ3v) is 6.98. The molecule has 5 rings (SSSR count). The number of pyridine rings is 1. The number of aromatic nitrogens is 3. The van der Waals surface area contributed by atoms with E-state index in [4.69, 9.17) is 29.2 Å². The van der Waals surface area contributed by atoms with Crippen molar-refractivity contribution >= 4 is 28.8 Å². The molecule has 0 saturated carbocycles. The molecule has 9 heteroatoms. The summed E-state index contributed by atoms with van der Waals surface area (Å²) in [5, 5.41) is 0.928. The van der Waals surface area contributed by atoms with Gasteiger partial charge >= 0.3 is 5.97 Å². The van der Waals surface area contributed by atoms with Gasteiger partial charge in [0.1, 0.15) is 18.2 Å². The van der Waals surface area contributed by atoms with E-state index in [9.17, 15) is 4.79 Å². The minimum absolute atomic E-state index is 0.137. The Morgan fingerprint density at radius 3 is 2.67 bits per heavy atom. The topological polar surface area (TPSA) is 89.9 Å². The molecule has 0 spiro atoms. The highest BCUT2D eigenvalue weighted by molar-refractivity contribution is 5.90. The van der Waals surface area contributed by atoms with Crippen molar-refractivity contribution in [2.75, 3.05) is 43.2 Å². The molecule has 2 atom stereocenters. The number of rotatable bonds is 6. The maximum Gasteiger partial charge on any atom is 0.302 e. The first-order valence-corrected chi connectivity index (χ1v) is 12.5. The van der Waals surface area contributed by atoms with Crippen molar-refractivity contribution < 1.29 is 19.0 Å². The minimum atomic E-state index is -0.337. The quantitative estimate of drug-likeness (QED) is 0.475. The Hall–Kier alpha value is -3.46. The molecule has 4 heterocycles. The fraction of sp³-hybridized carbons (Fsp3) is 0.481. The lowest BCUT2D eigenvalue weighted by molar-refractivity contribution is -0.142. The molecule has 0 radical (unpaired) electrons. The monoisotopic (exact) mass is 491 g/mol. The Labute approximate surface area is 211 Å². The van der Waals surface area contributed by atoms with E-state index in [2.05, 4.69) is 29.7 Å². The van der Waals surface area contributed by atoms with E-state index >= 15 is 0 Å². The van der Waals surface area contributed by atoms with E-state index in [0.29, 0.717) is 30.7 Å². The molecule has 2 aromatic heterocycles. The molecule has 36 heavy (non-hydrogen) atoms. The molecule has 2 fully saturated rings. The second-order valence-electron chi connectivity index (χ2n) is 9.52. The standard InChI is InChI=1S/C27H33N5O4/c1-17-6-5-11-32(17)27-29-25-22(26(30-27)31-12-13-35-15-18(31)2)8-9-23(28-25)20-7-10-24(34-4)21(14-20)16-36-19(3)33/h7-10,14,17-18H,5-6,11-13,15-16H2,1-4H3/t17?,18-/m0/s1. The number of fused-ring (bicyclic) bond motifs is 1. The zero-order valence-corrected chi connectivity index (χ0v) is 21.4. The Bertz CT molecular complexity index is 1270. The first-order chi connectivity index (χ1) is 17.4. The summed E-state index contributed by atoms with van der Waals surface area (Å²) < 4.78 is 16.4. The lowest BCUT2D eigenvalue weighted by atomic mass is 10.1. The van der Waals surface area contributed by atoms with Gasteiger partial charge in [-0.25, -0.2) is 4.98 Å². The van der Waals surface area contributed by atoms with Crippen LogP contribution in [0.1, 0.15) is 39.2 Å². The van der Waals surface area contributed by atoms with E-state index in [-0.39, 0.29) is 18.6 Å². The van der Waals surface area contributed by atoms with Crippen molar-refractivity contribution in [3.63, 3.8) is 0 Å². The van der Waals surface area contributed by atoms with Crippen molar-refractivity contribution in [2.45, 2.75) is 52.3 Å². The molecule has 0 N–H and O–H groups in total. The summed E-state index contributed by atoms with van der Waals surface area (Å²) in [6.45, 7) is 8.99. The predicted octanol–water partition coefficient (Wildman–Crippen LogP) is 3.98. The van der Waals surface area contributed by atoms with Gasteiger partial charge in [0.15, 0.2) is 5.65 Å². The van der Waals surface area contributed by atoms with Gasteiger partial charge in [0.05, 0.1) is 37.4 Å². The van der Waals surface area contributed by atoms with Crippen LogP contribution in [-0.2, 0) is 20.9 Å². The van der Waals surface area contributed by atoms with Gasteiger partial charge in [-0.05, 0) is 57.0 Å². The number of hydrogen-bond acceptors (Lipinski definition) is 9. The maximum atomic E-state index is 11.4. The number of hydrogen-bond donors (Lipinski definition) is 0. The fourth-order valence-corrected chi connectivity index (χ4v) is 4.99. The molecule has 1 aromatic carbocycles. The van der Waals surface area contributed by atoms with Crippen molar-refractivity contribution in [2.24, 2.45) is 0 Å². The molecule has 2 aliphatic rings. The minimum Gasteiger partial charge on any atom is -0.496 e. The van der Waals surface area contributed by atoms with Gasteiger partial charge in [-0.15, -0.1) is 0 Å². The number of benzene rings is 1. The Morgan fingerprint density at radius 1 is 1.08 bits per heavy atom. The molecule has 3 aromatic rings. The summed E-state index contributed by atoms with van der Waals surface area (Å²) in [6, 6.07) is 10.4. The number of esters is 1. The van der Waals surface area contributed by atoms with Gasteiger partial charge in [0.2, 0.25) is 5.95 Å². The summed E-state index contributed by atoms with van der Waals surface area (Å²) in [4.78, 5) is 31.0. The Balaban J connectivity index is 1.60. The van der Waals surface area contributed by atoms with Crippen LogP contribution < -0.4 is 14.5 Å². The molecule has 190 valence electrons. The average Bonchev–Trinajstić information content (AvgIpc) is 3.32. The van der Waals surface area contributed by atoms with Crippen LogP contribution in [0.3, 0.4) is 0 Å². The summed E-state index contributed by atoms with van der Waals surface area (Å²) in [6.07, 6.45) is 2.27. The van der Waals surface area contributed by atoms with Crippen molar-refractivity contribution in [1.82, 2.24) is 15.0 Å². The van der Waals surface area contributed by atoms with Crippen LogP contribution in [-0.4, -0.2) is 66.4 Å². The zero-order valence-electron chi connectivity index (χ0n) is 21.4. The first kappa shape index (κ1) is 24.2. The van der Waals surface area contributed by atoms with Crippen molar-refractivity contribution in [1.29, 1.82) is 0 Å². The third kappa shape index (κ3) is 4.80. The van der Waals surface area contributed by atoms with Crippen LogP contribution in [0.2, 0.25) is 0 Å². The lowest BCUT2D eigenvalue weighted by Crippen LogP contribution is -2.44. The molecular weight excluding hydrogens is 458 g/mol. The smallest absolute Gasteiger partial charge is 0.302 e. The number of methoxy groups -OCH3 is 1. The summed E-state index contributed by atoms with van der Waals surface area (Å²) >= 11 is 0. The van der Waals surface area contributed by atoms with Gasteiger partial charge in [-0.2, -0.15) is 9.97 Å². The normalized spacial score (nSPS) is 20.1. The summed E-state index contributed by atoms with van der Waals surface area (Å²) in [7, 11) is 1.60. The number of ether oxygens (including phenoxy) is 3. The highest BCUT2D eigenvalue weighted by Crippen LogP contribution is 2.33. The van der Waals surface area contributed by atoms with Crippen LogP contribution in [0.4, 0.5) is 11.8 Å². The molecule has 2 saturated heterocycles. The number of carbonyl (C=O) groups excluding carboxylic acids is 1. The van der Waals surface area contributed by atoms with Gasteiger partial charge in [-0.3, -0.25) is 4.79 Å². The molecule has 0 aliphatic carbocycles. The number of nitrogens with zero attached hydrogens (tertiary/aromatic N) is 5. The number of morpholine rings is 1. The zero-order chi connectivity index (χ0) is 25.2. The van der Waals surface area contributed by atoms with E-state index in [0.717, 1.165) is 59.9 Å². The Morgan fingerprint density at radius 2 is 1.94 bits per heavy atom. The van der Waals surface area contributed by atoms with E-state index in [1.54, 1.807) is 7.11 Å². The second-order valence-corrected chi connectivity index (χ2v) is 9.52. The van der Waals surface area contributed by atoms with Crippen LogP contribution in [0.25, 0.3) is 22.3 Å². The van der Waals surface area contributed by atoms with E-state index < -0.39 is 0 Å². The average molecular weight is 492 g/mol. The lowest BCUT2D eigenvalue weighted by Gasteiger charge is -2.35. The highest BCUT2D eigenvalue weighted by Gasteiger charge is 2.28. The molecule has 9 nitrogen and oxygen atoms in total. The van der Waals surface area contributed by atoms with Crippen molar-refractivity contribution in [3.05, 3.63) is 35.9 Å². The van der Waals surface area contributed by atoms with Crippen LogP contribution >= 0.6 is 0 Å². The van der Waals surface area contributed by atoms with E-state index in [1.165, 1.54) is 6.92 Å². The molecular formula is C27H33N5O4. The van der Waals surface area contributed by atoms with Gasteiger partial charge in [0.25, 0.3) is 0 Å². The van der Waals surface area contributed by atoms with Crippen molar-refractivity contribution in [3.8, 4) is 17.0 Å². The second kappa shape index (κ2) is 10.3. The first-order valence-electron chi connectivity index (χ1n) is 12.5. The Kier molecular flexibility index (Phi) is 6.91. The number of anilines is 2. The van der Waals surface area contributed by atoms with Gasteiger partial charge < -0.3 is 24.0 Å². The molecule has 2 aliphatic heterocycles. The summed E-state index contributed by atoms with van der Waals surface area (Å²) in [5.74, 6) is 1.97. The molecule has 0 bridgehead atoms. The third-order valence-electron chi connectivity index (χ3n) is 6.98. The highest BCUT2D eigenvalue weighted by atomic mass is 16.5. The van der Waals surface area contributed by atoms with Crippen LogP contribution in [0, 0.1) is 0 Å². The summed E-state index contributed by atoms with van der Waals surface area (Å²) in [5.41, 5.74) is 3.14. The van der Waals surface area contributed by atoms with Crippen LogP contribution in [0.15, 0.2) is 30.3 Å². The predicted molar refractivity (Wildman–Crippen MR) is 138 cm³/mol. The number of carbonyl (C=O) groups is 1. The van der Waals surface area contributed by atoms with E-state index in [1.807, 2.05) is 24.3 Å². The van der Waals surface area contributed by atoms with Gasteiger partial charge in [0, 0.05) is 37.2 Å². The molecule has 1 unspecified atom stereocenters. The van der Waals surface area contributed by atoms with Crippen LogP contribution in [0.5, 0.6) is 5.75 Å². The van der Waals surface area contributed by atoms with Gasteiger partial charge in [-0.1, -0.05) is 0 Å². The largest absolute Gasteiger partial charge is 0.496 e.